The highest BCUT2D eigenvalue weighted by Crippen LogP contribution is 2.61. The Balaban J connectivity index is 0.000000131. The molecule has 10 saturated carbocycles. The predicted molar refractivity (Wildman–Crippen MR) is 216 cm³/mol. The van der Waals surface area contributed by atoms with Crippen LogP contribution in [0.4, 0.5) is 0 Å². The molecular formula is C48H76O9. The largest absolute Gasteiger partial charge is 0.459 e. The number of carbonyl (C=O) groups excluding carboxylic acids is 4. The van der Waals surface area contributed by atoms with Gasteiger partial charge in [-0.15, -0.1) is 0 Å². The highest BCUT2D eigenvalue weighted by Gasteiger charge is 2.67. The fraction of sp³-hybridized carbons (Fsp3) is 0.917. The van der Waals surface area contributed by atoms with Gasteiger partial charge in [0.05, 0.1) is 27.8 Å². The fourth-order valence-corrected chi connectivity index (χ4v) is 13.4. The van der Waals surface area contributed by atoms with E-state index in [9.17, 15) is 24.3 Å². The molecule has 322 valence electrons. The van der Waals surface area contributed by atoms with E-state index in [4.69, 9.17) is 18.9 Å². The van der Waals surface area contributed by atoms with E-state index >= 15 is 0 Å². The van der Waals surface area contributed by atoms with Gasteiger partial charge in [-0.05, 0) is 180 Å². The number of fused-ring (bicyclic) bond motifs is 1. The maximum absolute atomic E-state index is 12.5. The van der Waals surface area contributed by atoms with Gasteiger partial charge in [0.1, 0.15) is 23.4 Å². The minimum Gasteiger partial charge on any atom is -0.459 e. The highest BCUT2D eigenvalue weighted by atomic mass is 16.6. The summed E-state index contributed by atoms with van der Waals surface area (Å²) < 4.78 is 23.3. The Morgan fingerprint density at radius 2 is 1.16 bits per heavy atom. The van der Waals surface area contributed by atoms with Crippen molar-refractivity contribution in [3.8, 4) is 0 Å². The number of esters is 4. The van der Waals surface area contributed by atoms with Crippen LogP contribution in [0.2, 0.25) is 0 Å². The summed E-state index contributed by atoms with van der Waals surface area (Å²) in [5.74, 6) is 4.79. The lowest BCUT2D eigenvalue weighted by Crippen LogP contribution is -2.61. The molecule has 1 N–H and O–H groups in total. The van der Waals surface area contributed by atoms with Gasteiger partial charge in [-0.2, -0.15) is 0 Å². The zero-order valence-electron chi connectivity index (χ0n) is 37.2. The molecule has 8 atom stereocenters. The zero-order chi connectivity index (χ0) is 41.7. The van der Waals surface area contributed by atoms with Crippen molar-refractivity contribution < 1.29 is 43.2 Å². The van der Waals surface area contributed by atoms with Crippen LogP contribution in [-0.4, -0.2) is 58.0 Å². The molecule has 11 aliphatic rings. The zero-order valence-corrected chi connectivity index (χ0v) is 37.2. The van der Waals surface area contributed by atoms with Crippen LogP contribution in [0.15, 0.2) is 0 Å². The molecule has 11 rings (SSSR count). The van der Waals surface area contributed by atoms with Crippen LogP contribution < -0.4 is 0 Å². The third-order valence-corrected chi connectivity index (χ3v) is 17.8. The summed E-state index contributed by atoms with van der Waals surface area (Å²) in [6.45, 7) is 22.1. The average Bonchev–Trinajstić information content (AvgIpc) is 3.73. The molecule has 8 unspecified atom stereocenters. The van der Waals surface area contributed by atoms with Crippen LogP contribution in [0.3, 0.4) is 0 Å². The van der Waals surface area contributed by atoms with Gasteiger partial charge in [0.25, 0.3) is 0 Å². The average molecular weight is 797 g/mol. The van der Waals surface area contributed by atoms with Crippen LogP contribution in [0.5, 0.6) is 0 Å². The summed E-state index contributed by atoms with van der Waals surface area (Å²) in [5.41, 5.74) is -2.29. The molecule has 0 amide bonds. The number of ether oxygens (including phenoxy) is 4. The summed E-state index contributed by atoms with van der Waals surface area (Å²) in [6, 6.07) is 0. The van der Waals surface area contributed by atoms with Gasteiger partial charge in [0.2, 0.25) is 0 Å². The SMILES string of the molecule is CCC(C)(C)C(=O)OC1(C)C2CC3CC(C2)CC1C3.CCC(C)(C)C(=O)OC12CC3CC(CC(O)(C3)C1)C2.CCC(C)(C)C(=O)OC1C2CC3C1OC(=O)C3C2C. The quantitative estimate of drug-likeness (QED) is 0.180. The smallest absolute Gasteiger partial charge is 0.312 e. The van der Waals surface area contributed by atoms with E-state index in [2.05, 4.69) is 20.8 Å². The van der Waals surface area contributed by atoms with Crippen molar-refractivity contribution in [3.05, 3.63) is 0 Å². The van der Waals surface area contributed by atoms with Crippen LogP contribution in [0.1, 0.15) is 172 Å². The van der Waals surface area contributed by atoms with Crippen LogP contribution >= 0.6 is 0 Å². The second-order valence-electron chi connectivity index (χ2n) is 23.1. The molecular weight excluding hydrogens is 721 g/mol. The summed E-state index contributed by atoms with van der Waals surface area (Å²) >= 11 is 0. The first-order valence-corrected chi connectivity index (χ1v) is 23.1. The second kappa shape index (κ2) is 14.8. The minimum atomic E-state index is -0.555. The molecule has 10 aliphatic carbocycles. The molecule has 1 aliphatic heterocycles. The number of rotatable bonds is 9. The standard InChI is InChI=1S/C17H28O2.C16H26O3.C15H22O4/c1-5-16(2,3)15(18)19-17(4)13-7-11-6-12(9-13)10-14(17)8-11;1-4-14(2,3)13(17)19-16-8-11-5-12(9-16)7-15(18,6-11)10-16;1-5-15(3,4)14(17)19-11-8-6-9-10(7(8)2)13(16)18-12(9)11/h11-14H,5-10H2,1-4H3;11-12,18H,4-10H2,1-3H3;7-12H,5-6H2,1-4H3. The van der Waals surface area contributed by atoms with Crippen molar-refractivity contribution in [2.24, 2.45) is 75.4 Å². The van der Waals surface area contributed by atoms with Crippen LogP contribution in [0.25, 0.3) is 0 Å². The molecule has 1 heterocycles. The van der Waals surface area contributed by atoms with E-state index in [0.29, 0.717) is 36.0 Å². The van der Waals surface area contributed by atoms with E-state index in [1.165, 1.54) is 38.5 Å². The lowest BCUT2D eigenvalue weighted by Gasteiger charge is -2.59. The third-order valence-electron chi connectivity index (χ3n) is 17.8. The molecule has 9 nitrogen and oxygen atoms in total. The third kappa shape index (κ3) is 7.73. The van der Waals surface area contributed by atoms with Crippen molar-refractivity contribution >= 4 is 23.9 Å². The summed E-state index contributed by atoms with van der Waals surface area (Å²) in [6.07, 6.45) is 15.2. The molecule has 10 bridgehead atoms. The topological polar surface area (TPSA) is 125 Å². The van der Waals surface area contributed by atoms with Crippen LogP contribution in [0, 0.1) is 75.4 Å². The van der Waals surface area contributed by atoms with Gasteiger partial charge in [-0.1, -0.05) is 27.7 Å². The molecule has 0 aromatic heterocycles. The molecule has 0 radical (unpaired) electrons. The minimum absolute atomic E-state index is 0.0185. The molecule has 0 spiro atoms. The molecule has 0 aromatic rings. The monoisotopic (exact) mass is 797 g/mol. The fourth-order valence-electron chi connectivity index (χ4n) is 13.4. The van der Waals surface area contributed by atoms with Gasteiger partial charge in [-0.3, -0.25) is 19.2 Å². The number of aliphatic hydroxyl groups is 1. The van der Waals surface area contributed by atoms with Gasteiger partial charge in [-0.25, -0.2) is 0 Å². The first kappa shape index (κ1) is 42.9. The second-order valence-corrected chi connectivity index (χ2v) is 23.1. The van der Waals surface area contributed by atoms with Crippen LogP contribution in [-0.2, 0) is 38.1 Å². The number of hydrogen-bond donors (Lipinski definition) is 1. The molecule has 9 heteroatoms. The Morgan fingerprint density at radius 1 is 0.684 bits per heavy atom. The maximum Gasteiger partial charge on any atom is 0.312 e. The van der Waals surface area contributed by atoms with Gasteiger partial charge < -0.3 is 24.1 Å². The van der Waals surface area contributed by atoms with Crippen molar-refractivity contribution in [1.82, 2.24) is 0 Å². The van der Waals surface area contributed by atoms with Gasteiger partial charge in [0, 0.05) is 18.3 Å². The molecule has 0 aromatic carbocycles. The van der Waals surface area contributed by atoms with Gasteiger partial charge in [0.15, 0.2) is 0 Å². The van der Waals surface area contributed by atoms with E-state index in [1.54, 1.807) is 0 Å². The van der Waals surface area contributed by atoms with E-state index < -0.39 is 16.4 Å². The summed E-state index contributed by atoms with van der Waals surface area (Å²) in [5, 5.41) is 10.6. The Bertz CT molecular complexity index is 1530. The lowest BCUT2D eigenvalue weighted by atomic mass is 9.50. The van der Waals surface area contributed by atoms with E-state index in [-0.39, 0.29) is 70.5 Å². The highest BCUT2D eigenvalue weighted by molar-refractivity contribution is 5.79. The molecule has 57 heavy (non-hydrogen) atoms. The maximum atomic E-state index is 12.5. The Morgan fingerprint density at radius 3 is 1.65 bits per heavy atom. The van der Waals surface area contributed by atoms with Crippen molar-refractivity contribution in [1.29, 1.82) is 0 Å². The van der Waals surface area contributed by atoms with E-state index in [1.807, 2.05) is 55.4 Å². The van der Waals surface area contributed by atoms with Crippen molar-refractivity contribution in [2.75, 3.05) is 0 Å². The normalized spacial score (nSPS) is 44.1. The first-order chi connectivity index (χ1) is 26.5. The first-order valence-electron chi connectivity index (χ1n) is 23.1. The predicted octanol–water partition coefficient (Wildman–Crippen LogP) is 9.39. The lowest BCUT2D eigenvalue weighted by molar-refractivity contribution is -0.225. The number of hydrogen-bond acceptors (Lipinski definition) is 9. The molecule has 11 fully saturated rings. The van der Waals surface area contributed by atoms with Gasteiger partial charge >= 0.3 is 23.9 Å². The van der Waals surface area contributed by atoms with E-state index in [0.717, 1.165) is 63.2 Å². The van der Waals surface area contributed by atoms with Crippen molar-refractivity contribution in [2.45, 2.75) is 201 Å². The number of carbonyl (C=O) groups is 4. The summed E-state index contributed by atoms with van der Waals surface area (Å²) in [4.78, 5) is 48.9. The Hall–Kier alpha value is -2.16. The molecule has 1 saturated heterocycles. The van der Waals surface area contributed by atoms with Crippen molar-refractivity contribution in [3.63, 3.8) is 0 Å². The summed E-state index contributed by atoms with van der Waals surface area (Å²) in [7, 11) is 0. The Labute approximate surface area is 343 Å². The Kier molecular flexibility index (Phi) is 11.1.